The molecule has 0 bridgehead atoms. The smallest absolute Gasteiger partial charge is 0.221 e. The number of pyridine rings is 1. The largest absolute Gasteiger partial charge is 0.356 e. The molecule has 82 valence electrons. The van der Waals surface area contributed by atoms with Crippen molar-refractivity contribution in [1.82, 2.24) is 15.6 Å². The molecule has 0 spiro atoms. The Morgan fingerprint density at radius 2 is 2.07 bits per heavy atom. The van der Waals surface area contributed by atoms with Crippen molar-refractivity contribution in [2.45, 2.75) is 12.8 Å². The van der Waals surface area contributed by atoms with E-state index in [-0.39, 0.29) is 5.91 Å². The molecule has 1 amide bonds. The lowest BCUT2D eigenvalue weighted by atomic mass is 10.2. The van der Waals surface area contributed by atoms with Gasteiger partial charge in [0.2, 0.25) is 5.91 Å². The highest BCUT2D eigenvalue weighted by Gasteiger charge is 1.98. The second-order valence-electron chi connectivity index (χ2n) is 3.31. The third-order valence-electron chi connectivity index (χ3n) is 2.09. The highest BCUT2D eigenvalue weighted by atomic mass is 16.1. The minimum Gasteiger partial charge on any atom is -0.356 e. The molecule has 4 nitrogen and oxygen atoms in total. The van der Waals surface area contributed by atoms with E-state index in [0.717, 1.165) is 13.0 Å². The molecule has 0 fully saturated rings. The summed E-state index contributed by atoms with van der Waals surface area (Å²) in [6.45, 7) is 1.41. The fraction of sp³-hybridized carbons (Fsp3) is 0.455. The fourth-order valence-corrected chi connectivity index (χ4v) is 1.22. The van der Waals surface area contributed by atoms with E-state index in [1.807, 2.05) is 19.2 Å². The van der Waals surface area contributed by atoms with E-state index in [2.05, 4.69) is 15.6 Å². The molecule has 0 atom stereocenters. The van der Waals surface area contributed by atoms with Crippen molar-refractivity contribution in [2.75, 3.05) is 20.1 Å². The summed E-state index contributed by atoms with van der Waals surface area (Å²) in [5.41, 5.74) is 1.19. The molecule has 1 aromatic rings. The maximum Gasteiger partial charge on any atom is 0.221 e. The average Bonchev–Trinajstić information content (AvgIpc) is 2.28. The van der Waals surface area contributed by atoms with E-state index in [4.69, 9.17) is 0 Å². The Bertz CT molecular complexity index is 287. The van der Waals surface area contributed by atoms with Crippen molar-refractivity contribution >= 4 is 5.91 Å². The van der Waals surface area contributed by atoms with Crippen LogP contribution in [0.25, 0.3) is 0 Å². The monoisotopic (exact) mass is 207 g/mol. The summed E-state index contributed by atoms with van der Waals surface area (Å²) < 4.78 is 0. The van der Waals surface area contributed by atoms with Gasteiger partial charge in [-0.15, -0.1) is 0 Å². The van der Waals surface area contributed by atoms with E-state index >= 15 is 0 Å². The van der Waals surface area contributed by atoms with E-state index in [9.17, 15) is 4.79 Å². The summed E-state index contributed by atoms with van der Waals surface area (Å²) in [6.07, 6.45) is 4.91. The zero-order valence-corrected chi connectivity index (χ0v) is 8.99. The molecule has 0 aliphatic rings. The van der Waals surface area contributed by atoms with Crippen LogP contribution >= 0.6 is 0 Å². The first-order valence-corrected chi connectivity index (χ1v) is 5.13. The third-order valence-corrected chi connectivity index (χ3v) is 2.09. The van der Waals surface area contributed by atoms with Crippen LogP contribution in [0.4, 0.5) is 0 Å². The van der Waals surface area contributed by atoms with Crippen LogP contribution in [-0.4, -0.2) is 31.0 Å². The van der Waals surface area contributed by atoms with Crippen LogP contribution in [0.15, 0.2) is 24.5 Å². The van der Waals surface area contributed by atoms with E-state index < -0.39 is 0 Å². The van der Waals surface area contributed by atoms with Gasteiger partial charge >= 0.3 is 0 Å². The van der Waals surface area contributed by atoms with Gasteiger partial charge in [-0.1, -0.05) is 0 Å². The first-order valence-electron chi connectivity index (χ1n) is 5.13. The van der Waals surface area contributed by atoms with Crippen LogP contribution in [0.2, 0.25) is 0 Å². The Morgan fingerprint density at radius 3 is 2.73 bits per heavy atom. The maximum atomic E-state index is 11.2. The number of carbonyl (C=O) groups excluding carboxylic acids is 1. The summed E-state index contributed by atoms with van der Waals surface area (Å²) >= 11 is 0. The number of rotatable bonds is 6. The van der Waals surface area contributed by atoms with E-state index in [1.54, 1.807) is 12.4 Å². The Balaban J connectivity index is 2.14. The summed E-state index contributed by atoms with van der Waals surface area (Å²) in [6, 6.07) is 3.92. The van der Waals surface area contributed by atoms with Crippen LogP contribution in [0.5, 0.6) is 0 Å². The molecule has 1 heterocycles. The highest BCUT2D eigenvalue weighted by molar-refractivity contribution is 5.76. The quantitative estimate of drug-likeness (QED) is 0.707. The van der Waals surface area contributed by atoms with Gasteiger partial charge in [-0.25, -0.2) is 0 Å². The number of amides is 1. The van der Waals surface area contributed by atoms with Crippen molar-refractivity contribution in [3.8, 4) is 0 Å². The maximum absolute atomic E-state index is 11.2. The van der Waals surface area contributed by atoms with Crippen LogP contribution in [-0.2, 0) is 11.2 Å². The molecule has 1 rings (SSSR count). The molecule has 0 aliphatic carbocycles. The second-order valence-corrected chi connectivity index (χ2v) is 3.31. The molecule has 15 heavy (non-hydrogen) atoms. The Hall–Kier alpha value is -1.42. The molecule has 0 saturated carbocycles. The Morgan fingerprint density at radius 1 is 1.33 bits per heavy atom. The van der Waals surface area contributed by atoms with E-state index in [0.29, 0.717) is 13.0 Å². The standard InChI is InChI=1S/C11H17N3O/c1-12-6-5-11(15)14-9-4-10-2-7-13-8-3-10/h2-3,7-8,12H,4-6,9H2,1H3,(H,14,15). The lowest BCUT2D eigenvalue weighted by Gasteiger charge is -2.04. The fourth-order valence-electron chi connectivity index (χ4n) is 1.22. The van der Waals surface area contributed by atoms with Crippen molar-refractivity contribution in [1.29, 1.82) is 0 Å². The molecule has 0 unspecified atom stereocenters. The number of hydrogen-bond acceptors (Lipinski definition) is 3. The van der Waals surface area contributed by atoms with Gasteiger partial charge in [0.1, 0.15) is 0 Å². The number of aromatic nitrogens is 1. The first-order chi connectivity index (χ1) is 7.33. The summed E-state index contributed by atoms with van der Waals surface area (Å²) in [5.74, 6) is 0.0957. The average molecular weight is 207 g/mol. The number of carbonyl (C=O) groups is 1. The molecule has 2 N–H and O–H groups in total. The van der Waals surface area contributed by atoms with Crippen molar-refractivity contribution < 1.29 is 4.79 Å². The number of nitrogens with zero attached hydrogens (tertiary/aromatic N) is 1. The van der Waals surface area contributed by atoms with Crippen LogP contribution in [0.3, 0.4) is 0 Å². The van der Waals surface area contributed by atoms with E-state index in [1.165, 1.54) is 5.56 Å². The molecular formula is C11H17N3O. The van der Waals surface area contributed by atoms with Gasteiger partial charge in [0.25, 0.3) is 0 Å². The van der Waals surface area contributed by atoms with Crippen LogP contribution < -0.4 is 10.6 Å². The summed E-state index contributed by atoms with van der Waals surface area (Å²) in [4.78, 5) is 15.2. The number of hydrogen-bond donors (Lipinski definition) is 2. The van der Waals surface area contributed by atoms with Crippen LogP contribution in [0.1, 0.15) is 12.0 Å². The Kier molecular flexibility index (Phi) is 5.40. The molecule has 1 aromatic heterocycles. The molecule has 0 saturated heterocycles. The lowest BCUT2D eigenvalue weighted by molar-refractivity contribution is -0.120. The van der Waals surface area contributed by atoms with Gasteiger partial charge in [-0.05, 0) is 31.2 Å². The minimum absolute atomic E-state index is 0.0957. The topological polar surface area (TPSA) is 54.0 Å². The second kappa shape index (κ2) is 6.95. The van der Waals surface area contributed by atoms with Crippen LogP contribution in [0, 0.1) is 0 Å². The van der Waals surface area contributed by atoms with Crippen molar-refractivity contribution in [2.24, 2.45) is 0 Å². The first kappa shape index (κ1) is 11.7. The predicted octanol–water partition coefficient (Wildman–Crippen LogP) is 0.350. The van der Waals surface area contributed by atoms with Crippen molar-refractivity contribution in [3.63, 3.8) is 0 Å². The third kappa shape index (κ3) is 5.12. The predicted molar refractivity (Wildman–Crippen MR) is 59.5 cm³/mol. The van der Waals surface area contributed by atoms with Gasteiger partial charge in [-0.2, -0.15) is 0 Å². The SMILES string of the molecule is CNCCC(=O)NCCc1ccncc1. The van der Waals surface area contributed by atoms with Crippen molar-refractivity contribution in [3.05, 3.63) is 30.1 Å². The molecule has 0 radical (unpaired) electrons. The highest BCUT2D eigenvalue weighted by Crippen LogP contribution is 1.95. The zero-order valence-electron chi connectivity index (χ0n) is 8.99. The minimum atomic E-state index is 0.0957. The Labute approximate surface area is 90.1 Å². The molecule has 4 heteroatoms. The zero-order chi connectivity index (χ0) is 10.9. The normalized spacial score (nSPS) is 9.93. The molecule has 0 aliphatic heterocycles. The van der Waals surface area contributed by atoms with Gasteiger partial charge in [0.05, 0.1) is 0 Å². The summed E-state index contributed by atoms with van der Waals surface area (Å²) in [5, 5.41) is 5.80. The van der Waals surface area contributed by atoms with Gasteiger partial charge in [0, 0.05) is 31.9 Å². The van der Waals surface area contributed by atoms with Gasteiger partial charge in [0.15, 0.2) is 0 Å². The van der Waals surface area contributed by atoms with Gasteiger partial charge in [-0.3, -0.25) is 9.78 Å². The molecule has 0 aromatic carbocycles. The summed E-state index contributed by atoms with van der Waals surface area (Å²) in [7, 11) is 1.84. The van der Waals surface area contributed by atoms with Gasteiger partial charge < -0.3 is 10.6 Å². The number of nitrogens with one attached hydrogen (secondary N) is 2. The lowest BCUT2D eigenvalue weighted by Crippen LogP contribution is -2.28. The molecular weight excluding hydrogens is 190 g/mol.